The minimum Gasteiger partial charge on any atom is -0.368 e. The van der Waals surface area contributed by atoms with Crippen molar-refractivity contribution in [1.82, 2.24) is 19.7 Å². The summed E-state index contributed by atoms with van der Waals surface area (Å²) in [5.74, 6) is -0.893. The van der Waals surface area contributed by atoms with E-state index in [0.29, 0.717) is 11.4 Å². The van der Waals surface area contributed by atoms with Gasteiger partial charge in [0, 0.05) is 67.4 Å². The molecule has 5 rings (SSSR count). The number of hydrogen-bond acceptors (Lipinski definition) is 5. The first-order valence-electron chi connectivity index (χ1n) is 10.5. The number of fused-ring (bicyclic) bond motifs is 1. The minimum absolute atomic E-state index is 0.203. The molecule has 0 unspecified atom stereocenters. The number of carbonyl (C=O) groups is 1. The zero-order valence-corrected chi connectivity index (χ0v) is 17.7. The van der Waals surface area contributed by atoms with Crippen molar-refractivity contribution in [3.63, 3.8) is 0 Å². The molecular weight excluding hydrogens is 407 g/mol. The maximum Gasteiger partial charge on any atom is 0.257 e. The van der Waals surface area contributed by atoms with Gasteiger partial charge in [-0.3, -0.25) is 9.78 Å². The number of nitrogens with one attached hydrogen (secondary N) is 1. The van der Waals surface area contributed by atoms with Crippen molar-refractivity contribution in [2.45, 2.75) is 0 Å². The number of rotatable bonds is 4. The molecule has 3 heterocycles. The number of piperazine rings is 1. The topological polar surface area (TPSA) is 66.3 Å². The van der Waals surface area contributed by atoms with Gasteiger partial charge in [-0.1, -0.05) is 0 Å². The van der Waals surface area contributed by atoms with E-state index >= 15 is 0 Å². The van der Waals surface area contributed by atoms with Gasteiger partial charge in [0.15, 0.2) is 0 Å². The number of carbonyl (C=O) groups excluding carboxylic acids is 1. The molecule has 0 radical (unpaired) electrons. The third-order valence-corrected chi connectivity index (χ3v) is 5.84. The summed E-state index contributed by atoms with van der Waals surface area (Å²) in [6, 6.07) is 11.7. The van der Waals surface area contributed by atoms with Crippen LogP contribution in [-0.4, -0.2) is 58.8 Å². The summed E-state index contributed by atoms with van der Waals surface area (Å²) in [6.07, 6.45) is 6.84. The highest BCUT2D eigenvalue weighted by Crippen LogP contribution is 2.33. The predicted octanol–water partition coefficient (Wildman–Crippen LogP) is 3.56. The summed E-state index contributed by atoms with van der Waals surface area (Å²) in [4.78, 5) is 22.1. The second-order valence-corrected chi connectivity index (χ2v) is 7.91. The lowest BCUT2D eigenvalue weighted by Gasteiger charge is -2.34. The molecule has 162 valence electrons. The SMILES string of the molecule is CN1CCN(c2ccc(NC(=O)c3cc(F)ccc3-n3cccn3)c3cnccc23)CC1. The molecule has 7 nitrogen and oxygen atoms in total. The number of nitrogens with zero attached hydrogens (tertiary/aromatic N) is 5. The van der Waals surface area contributed by atoms with Gasteiger partial charge < -0.3 is 15.1 Å². The van der Waals surface area contributed by atoms with E-state index in [1.807, 2.05) is 18.2 Å². The maximum atomic E-state index is 14.0. The number of likely N-dealkylation sites (N-methyl/N-ethyl adjacent to an activating group) is 1. The van der Waals surface area contributed by atoms with Crippen LogP contribution in [0.3, 0.4) is 0 Å². The van der Waals surface area contributed by atoms with Crippen LogP contribution in [0.15, 0.2) is 67.3 Å². The number of anilines is 2. The monoisotopic (exact) mass is 430 g/mol. The van der Waals surface area contributed by atoms with Crippen molar-refractivity contribution < 1.29 is 9.18 Å². The van der Waals surface area contributed by atoms with Gasteiger partial charge in [-0.05, 0) is 49.5 Å². The molecule has 2 aromatic heterocycles. The van der Waals surface area contributed by atoms with E-state index in [-0.39, 0.29) is 5.56 Å². The summed E-state index contributed by atoms with van der Waals surface area (Å²) < 4.78 is 15.5. The second-order valence-electron chi connectivity index (χ2n) is 7.91. The van der Waals surface area contributed by atoms with Crippen molar-refractivity contribution >= 4 is 28.1 Å². The van der Waals surface area contributed by atoms with Crippen LogP contribution in [0.4, 0.5) is 15.8 Å². The molecule has 1 fully saturated rings. The lowest BCUT2D eigenvalue weighted by molar-refractivity contribution is 0.102. The maximum absolute atomic E-state index is 14.0. The van der Waals surface area contributed by atoms with Crippen molar-refractivity contribution in [1.29, 1.82) is 0 Å². The summed E-state index contributed by atoms with van der Waals surface area (Å²) >= 11 is 0. The molecule has 0 bridgehead atoms. The van der Waals surface area contributed by atoms with Gasteiger partial charge in [0.1, 0.15) is 5.82 Å². The molecule has 0 aliphatic carbocycles. The van der Waals surface area contributed by atoms with Gasteiger partial charge in [-0.15, -0.1) is 0 Å². The van der Waals surface area contributed by atoms with Crippen LogP contribution in [-0.2, 0) is 0 Å². The Kier molecular flexibility index (Phi) is 5.28. The zero-order valence-electron chi connectivity index (χ0n) is 17.7. The van der Waals surface area contributed by atoms with Crippen molar-refractivity contribution in [3.8, 4) is 5.69 Å². The Labute approximate surface area is 185 Å². The Morgan fingerprint density at radius 1 is 1.00 bits per heavy atom. The summed E-state index contributed by atoms with van der Waals surface area (Å²) in [6.45, 7) is 3.88. The first-order chi connectivity index (χ1) is 15.6. The first kappa shape index (κ1) is 20.1. The molecule has 1 N–H and O–H groups in total. The molecule has 0 saturated carbocycles. The molecular formula is C24H23FN6O. The fourth-order valence-corrected chi connectivity index (χ4v) is 4.10. The highest BCUT2D eigenvalue weighted by molar-refractivity contribution is 6.12. The zero-order chi connectivity index (χ0) is 22.1. The Balaban J connectivity index is 1.50. The summed E-state index contributed by atoms with van der Waals surface area (Å²) in [5.41, 5.74) is 2.46. The smallest absolute Gasteiger partial charge is 0.257 e. The van der Waals surface area contributed by atoms with Crippen LogP contribution in [0.25, 0.3) is 16.5 Å². The quantitative estimate of drug-likeness (QED) is 0.536. The molecule has 0 spiro atoms. The van der Waals surface area contributed by atoms with Crippen molar-refractivity contribution in [3.05, 3.63) is 78.6 Å². The minimum atomic E-state index is -0.483. The largest absolute Gasteiger partial charge is 0.368 e. The fourth-order valence-electron chi connectivity index (χ4n) is 4.10. The third kappa shape index (κ3) is 3.80. The van der Waals surface area contributed by atoms with Crippen LogP contribution in [0, 0.1) is 5.82 Å². The van der Waals surface area contributed by atoms with E-state index in [9.17, 15) is 9.18 Å². The molecule has 4 aromatic rings. The lowest BCUT2D eigenvalue weighted by atomic mass is 10.1. The number of benzene rings is 2. The Morgan fingerprint density at radius 2 is 1.81 bits per heavy atom. The average Bonchev–Trinajstić information content (AvgIpc) is 3.35. The number of hydrogen-bond donors (Lipinski definition) is 1. The van der Waals surface area contributed by atoms with E-state index in [1.54, 1.807) is 41.6 Å². The number of amides is 1. The summed E-state index contributed by atoms with van der Waals surface area (Å²) in [5, 5.41) is 9.00. The highest BCUT2D eigenvalue weighted by atomic mass is 19.1. The van der Waals surface area contributed by atoms with Gasteiger partial charge in [-0.25, -0.2) is 9.07 Å². The number of pyridine rings is 1. The molecule has 8 heteroatoms. The lowest BCUT2D eigenvalue weighted by Crippen LogP contribution is -2.44. The van der Waals surface area contributed by atoms with Crippen LogP contribution in [0.2, 0.25) is 0 Å². The van der Waals surface area contributed by atoms with Gasteiger partial charge in [-0.2, -0.15) is 5.10 Å². The van der Waals surface area contributed by atoms with Crippen LogP contribution < -0.4 is 10.2 Å². The van der Waals surface area contributed by atoms with Crippen LogP contribution in [0.5, 0.6) is 0 Å². The Bertz CT molecular complexity index is 1260. The Morgan fingerprint density at radius 3 is 2.59 bits per heavy atom. The number of halogens is 1. The standard InChI is InChI=1S/C24H23FN6O/c1-29-11-13-30(14-12-29)22-6-4-21(20-16-26-9-7-18(20)22)28-24(32)19-15-17(25)3-5-23(19)31-10-2-8-27-31/h2-10,15-16H,11-14H2,1H3,(H,28,32). The second kappa shape index (κ2) is 8.39. The van der Waals surface area contributed by atoms with E-state index in [1.165, 1.54) is 12.1 Å². The predicted molar refractivity (Wildman–Crippen MR) is 123 cm³/mol. The Hall–Kier alpha value is -3.78. The van der Waals surface area contributed by atoms with Gasteiger partial charge in [0.25, 0.3) is 5.91 Å². The molecule has 32 heavy (non-hydrogen) atoms. The molecule has 0 atom stereocenters. The van der Waals surface area contributed by atoms with Gasteiger partial charge in [0.05, 0.1) is 16.9 Å². The van der Waals surface area contributed by atoms with E-state index < -0.39 is 11.7 Å². The molecule has 1 aliphatic heterocycles. The van der Waals surface area contributed by atoms with Crippen molar-refractivity contribution in [2.24, 2.45) is 0 Å². The summed E-state index contributed by atoms with van der Waals surface area (Å²) in [7, 11) is 2.13. The van der Waals surface area contributed by atoms with E-state index in [2.05, 4.69) is 32.2 Å². The van der Waals surface area contributed by atoms with Crippen LogP contribution in [0.1, 0.15) is 10.4 Å². The number of aromatic nitrogens is 3. The molecule has 1 aliphatic rings. The van der Waals surface area contributed by atoms with E-state index in [4.69, 9.17) is 0 Å². The highest BCUT2D eigenvalue weighted by Gasteiger charge is 2.19. The molecule has 1 amide bonds. The normalized spacial score (nSPS) is 14.6. The van der Waals surface area contributed by atoms with Gasteiger partial charge in [0.2, 0.25) is 0 Å². The van der Waals surface area contributed by atoms with Crippen molar-refractivity contribution in [2.75, 3.05) is 43.4 Å². The average molecular weight is 430 g/mol. The molecule has 2 aromatic carbocycles. The molecule has 1 saturated heterocycles. The fraction of sp³-hybridized carbons (Fsp3) is 0.208. The van der Waals surface area contributed by atoms with Gasteiger partial charge >= 0.3 is 0 Å². The van der Waals surface area contributed by atoms with E-state index in [0.717, 1.165) is 42.6 Å². The van der Waals surface area contributed by atoms with Crippen LogP contribution >= 0.6 is 0 Å². The first-order valence-corrected chi connectivity index (χ1v) is 10.5. The third-order valence-electron chi connectivity index (χ3n) is 5.84.